The lowest BCUT2D eigenvalue weighted by Crippen LogP contribution is -2.33. The maximum Gasteiger partial charge on any atom is 0.196 e. The Labute approximate surface area is 202 Å². The quantitative estimate of drug-likeness (QED) is 0.304. The Balaban J connectivity index is 1.38. The van der Waals surface area contributed by atoms with Gasteiger partial charge in [-0.2, -0.15) is 0 Å². The van der Waals surface area contributed by atoms with Crippen molar-refractivity contribution >= 4 is 11.8 Å². The van der Waals surface area contributed by atoms with Crippen molar-refractivity contribution in [2.45, 2.75) is 36.2 Å². The average Bonchev–Trinajstić information content (AvgIpc) is 3.53. The molecule has 0 saturated carbocycles. The number of benzene rings is 2. The molecule has 0 aliphatic carbocycles. The maximum absolute atomic E-state index is 13.7. The van der Waals surface area contributed by atoms with E-state index in [2.05, 4.69) is 19.7 Å². The van der Waals surface area contributed by atoms with E-state index in [9.17, 15) is 4.39 Å². The van der Waals surface area contributed by atoms with Crippen LogP contribution in [0.3, 0.4) is 0 Å². The Morgan fingerprint density at radius 2 is 1.91 bits per heavy atom. The van der Waals surface area contributed by atoms with E-state index in [1.54, 1.807) is 37.3 Å². The highest BCUT2D eigenvalue weighted by molar-refractivity contribution is 7.98. The fraction of sp³-hybridized carbons (Fsp3) is 0.308. The lowest BCUT2D eigenvalue weighted by Gasteiger charge is -2.31. The van der Waals surface area contributed by atoms with E-state index < -0.39 is 0 Å². The van der Waals surface area contributed by atoms with Gasteiger partial charge < -0.3 is 9.15 Å². The fourth-order valence-electron chi connectivity index (χ4n) is 4.38. The van der Waals surface area contributed by atoms with Crippen LogP contribution in [0.5, 0.6) is 5.75 Å². The fourth-order valence-corrected chi connectivity index (χ4v) is 5.28. The Hall–Kier alpha value is -3.10. The van der Waals surface area contributed by atoms with E-state index in [0.717, 1.165) is 66.2 Å². The van der Waals surface area contributed by atoms with Crippen molar-refractivity contribution in [3.63, 3.8) is 0 Å². The molecule has 3 heterocycles. The highest BCUT2D eigenvalue weighted by Crippen LogP contribution is 2.34. The summed E-state index contributed by atoms with van der Waals surface area (Å²) in [5.41, 5.74) is 1.89. The number of likely N-dealkylation sites (tertiary alicyclic amines) is 1. The van der Waals surface area contributed by atoms with Gasteiger partial charge in [0.05, 0.1) is 25.6 Å². The van der Waals surface area contributed by atoms with Crippen molar-refractivity contribution in [2.75, 3.05) is 20.2 Å². The molecule has 1 aliphatic heterocycles. The molecule has 6 nitrogen and oxygen atoms in total. The SMILES string of the molecule is COc1cccc(-n2c(SCc3cccc(F)c3)nnc2C2CCN(Cc3ccco3)CC2)c1. The number of nitrogens with zero attached hydrogens (tertiary/aromatic N) is 4. The highest BCUT2D eigenvalue weighted by atomic mass is 32.2. The molecule has 8 heteroatoms. The van der Waals surface area contributed by atoms with Crippen molar-refractivity contribution in [1.82, 2.24) is 19.7 Å². The number of ether oxygens (including phenoxy) is 1. The monoisotopic (exact) mass is 478 g/mol. The van der Waals surface area contributed by atoms with E-state index in [-0.39, 0.29) is 5.82 Å². The summed E-state index contributed by atoms with van der Waals surface area (Å²) < 4.78 is 26.8. The molecule has 0 N–H and O–H groups in total. The minimum Gasteiger partial charge on any atom is -0.497 e. The number of hydrogen-bond acceptors (Lipinski definition) is 6. The van der Waals surface area contributed by atoms with E-state index in [0.29, 0.717) is 11.7 Å². The van der Waals surface area contributed by atoms with Gasteiger partial charge in [-0.1, -0.05) is 30.0 Å². The molecule has 0 radical (unpaired) electrons. The Morgan fingerprint density at radius 1 is 1.06 bits per heavy atom. The normalized spacial score (nSPS) is 15.0. The van der Waals surface area contributed by atoms with E-state index in [1.807, 2.05) is 42.5 Å². The lowest BCUT2D eigenvalue weighted by atomic mass is 9.95. The summed E-state index contributed by atoms with van der Waals surface area (Å²) in [5, 5.41) is 9.99. The molecule has 34 heavy (non-hydrogen) atoms. The second-order valence-corrected chi connectivity index (χ2v) is 9.37. The van der Waals surface area contributed by atoms with E-state index >= 15 is 0 Å². The van der Waals surface area contributed by atoms with Gasteiger partial charge in [-0.15, -0.1) is 10.2 Å². The van der Waals surface area contributed by atoms with Crippen LogP contribution < -0.4 is 4.74 Å². The van der Waals surface area contributed by atoms with Crippen molar-refractivity contribution in [1.29, 1.82) is 0 Å². The van der Waals surface area contributed by atoms with Gasteiger partial charge in [0.2, 0.25) is 0 Å². The molecule has 0 amide bonds. The van der Waals surface area contributed by atoms with Gasteiger partial charge in [0.15, 0.2) is 5.16 Å². The summed E-state index contributed by atoms with van der Waals surface area (Å²) in [7, 11) is 1.67. The van der Waals surface area contributed by atoms with Crippen LogP contribution in [0.1, 0.15) is 35.9 Å². The molecule has 0 unspecified atom stereocenters. The maximum atomic E-state index is 13.7. The number of furan rings is 1. The topological polar surface area (TPSA) is 56.3 Å². The van der Waals surface area contributed by atoms with E-state index in [1.165, 1.54) is 6.07 Å². The number of aromatic nitrogens is 3. The molecule has 176 valence electrons. The molecule has 5 rings (SSSR count). The number of halogens is 1. The van der Waals surface area contributed by atoms with Crippen molar-refractivity contribution < 1.29 is 13.5 Å². The van der Waals surface area contributed by atoms with Gasteiger partial charge >= 0.3 is 0 Å². The first-order valence-electron chi connectivity index (χ1n) is 11.4. The van der Waals surface area contributed by atoms with Gasteiger partial charge in [-0.25, -0.2) is 4.39 Å². The third-order valence-electron chi connectivity index (χ3n) is 6.14. The molecule has 0 atom stereocenters. The number of piperidine rings is 1. The largest absolute Gasteiger partial charge is 0.497 e. The summed E-state index contributed by atoms with van der Waals surface area (Å²) in [6, 6.07) is 18.6. The summed E-state index contributed by atoms with van der Waals surface area (Å²) in [6.45, 7) is 2.78. The first kappa shape index (κ1) is 22.7. The summed E-state index contributed by atoms with van der Waals surface area (Å²) in [4.78, 5) is 2.42. The van der Waals surface area contributed by atoms with Crippen LogP contribution in [0.25, 0.3) is 5.69 Å². The number of hydrogen-bond donors (Lipinski definition) is 0. The number of rotatable bonds is 8. The highest BCUT2D eigenvalue weighted by Gasteiger charge is 2.27. The third-order valence-corrected chi connectivity index (χ3v) is 7.14. The standard InChI is InChI=1S/C26H27FN4O2S/c1-32-23-8-3-7-22(16-23)31-25(20-10-12-30(13-11-20)17-24-9-4-14-33-24)28-29-26(31)34-18-19-5-2-6-21(27)15-19/h2-9,14-16,20H,10-13,17-18H2,1H3. The smallest absolute Gasteiger partial charge is 0.196 e. The van der Waals surface area contributed by atoms with Crippen LogP contribution in [-0.2, 0) is 12.3 Å². The van der Waals surface area contributed by atoms with Crippen molar-refractivity contribution in [3.8, 4) is 11.4 Å². The molecule has 2 aromatic heterocycles. The Kier molecular flexibility index (Phi) is 6.97. The molecule has 1 fully saturated rings. The molecule has 1 saturated heterocycles. The van der Waals surface area contributed by atoms with Gasteiger partial charge in [0.1, 0.15) is 23.2 Å². The number of methoxy groups -OCH3 is 1. The Bertz CT molecular complexity index is 1220. The number of thioether (sulfide) groups is 1. The molecule has 2 aromatic carbocycles. The van der Waals surface area contributed by atoms with Gasteiger partial charge in [0, 0.05) is 17.7 Å². The first-order chi connectivity index (χ1) is 16.7. The van der Waals surface area contributed by atoms with Crippen LogP contribution in [0.15, 0.2) is 76.5 Å². The van der Waals surface area contributed by atoms with Crippen LogP contribution in [0.2, 0.25) is 0 Å². The molecule has 0 bridgehead atoms. The molecule has 0 spiro atoms. The van der Waals surface area contributed by atoms with Crippen LogP contribution in [-0.4, -0.2) is 39.9 Å². The molecular weight excluding hydrogens is 451 g/mol. The van der Waals surface area contributed by atoms with Gasteiger partial charge in [-0.05, 0) is 67.9 Å². The zero-order valence-corrected chi connectivity index (χ0v) is 19.9. The lowest BCUT2D eigenvalue weighted by molar-refractivity contribution is 0.187. The summed E-state index contributed by atoms with van der Waals surface area (Å²) in [5.74, 6) is 3.43. The Morgan fingerprint density at radius 3 is 2.68 bits per heavy atom. The van der Waals surface area contributed by atoms with Crippen molar-refractivity contribution in [3.05, 3.63) is 89.9 Å². The van der Waals surface area contributed by atoms with Crippen LogP contribution in [0, 0.1) is 5.82 Å². The summed E-state index contributed by atoms with van der Waals surface area (Å²) >= 11 is 1.56. The summed E-state index contributed by atoms with van der Waals surface area (Å²) in [6.07, 6.45) is 3.72. The van der Waals surface area contributed by atoms with Gasteiger partial charge in [-0.3, -0.25) is 9.47 Å². The van der Waals surface area contributed by atoms with Gasteiger partial charge in [0.25, 0.3) is 0 Å². The zero-order chi connectivity index (χ0) is 23.3. The minimum atomic E-state index is -0.227. The first-order valence-corrected chi connectivity index (χ1v) is 12.4. The van der Waals surface area contributed by atoms with Crippen molar-refractivity contribution in [2.24, 2.45) is 0 Å². The predicted molar refractivity (Wildman–Crippen MR) is 130 cm³/mol. The third kappa shape index (κ3) is 5.18. The zero-order valence-electron chi connectivity index (χ0n) is 19.1. The molecule has 1 aliphatic rings. The second-order valence-electron chi connectivity index (χ2n) is 8.43. The second kappa shape index (κ2) is 10.4. The van der Waals surface area contributed by atoms with Crippen LogP contribution in [0.4, 0.5) is 4.39 Å². The minimum absolute atomic E-state index is 0.227. The molecular formula is C26H27FN4O2S. The predicted octanol–water partition coefficient (Wildman–Crippen LogP) is 5.68. The average molecular weight is 479 g/mol. The molecule has 4 aromatic rings. The van der Waals surface area contributed by atoms with E-state index in [4.69, 9.17) is 9.15 Å². The van der Waals surface area contributed by atoms with Crippen LogP contribution >= 0.6 is 11.8 Å².